The van der Waals surface area contributed by atoms with Crippen LogP contribution in [0.3, 0.4) is 0 Å². The number of hydrogen-bond acceptors (Lipinski definition) is 5. The van der Waals surface area contributed by atoms with Gasteiger partial charge in [0.15, 0.2) is 0 Å². The Morgan fingerprint density at radius 2 is 2.20 bits per heavy atom. The highest BCUT2D eigenvalue weighted by Gasteiger charge is 2.40. The molecule has 4 nitrogen and oxygen atoms in total. The van der Waals surface area contributed by atoms with Gasteiger partial charge >= 0.3 is 6.09 Å². The number of amides is 1. The number of rotatable bonds is 2. The van der Waals surface area contributed by atoms with Crippen LogP contribution in [0.15, 0.2) is 5.16 Å². The molecule has 86 valence electrons. The number of nitrogens with one attached hydrogen (secondary N) is 1. The number of hydrogen-bond donors (Lipinski definition) is 1. The standard InChI is InChI=1S/C9H16N2O2S2/c1-8(2)6-14-9(3,15-8)5-11-13-7(12)10-4/h5H,6H2,1-4H3,(H,10,12). The fourth-order valence-electron chi connectivity index (χ4n) is 1.20. The molecular formula is C9H16N2O2S2. The lowest BCUT2D eigenvalue weighted by Gasteiger charge is -2.19. The van der Waals surface area contributed by atoms with Crippen molar-refractivity contribution < 1.29 is 9.63 Å². The van der Waals surface area contributed by atoms with Crippen molar-refractivity contribution in [1.82, 2.24) is 5.32 Å². The molecule has 1 fully saturated rings. The van der Waals surface area contributed by atoms with E-state index in [0.717, 1.165) is 5.75 Å². The Morgan fingerprint density at radius 1 is 1.53 bits per heavy atom. The molecule has 0 saturated carbocycles. The summed E-state index contributed by atoms with van der Waals surface area (Å²) in [4.78, 5) is 15.3. The Bertz CT molecular complexity index is 281. The van der Waals surface area contributed by atoms with Crippen LogP contribution >= 0.6 is 23.5 Å². The van der Waals surface area contributed by atoms with Crippen molar-refractivity contribution in [3.63, 3.8) is 0 Å². The van der Waals surface area contributed by atoms with E-state index in [1.165, 1.54) is 7.05 Å². The Balaban J connectivity index is 2.48. The third-order valence-electron chi connectivity index (χ3n) is 1.81. The summed E-state index contributed by atoms with van der Waals surface area (Å²) < 4.78 is 0.149. The topological polar surface area (TPSA) is 50.7 Å². The maximum absolute atomic E-state index is 10.8. The van der Waals surface area contributed by atoms with Crippen molar-refractivity contribution in [2.75, 3.05) is 12.8 Å². The number of nitrogens with zero attached hydrogens (tertiary/aromatic N) is 1. The molecule has 15 heavy (non-hydrogen) atoms. The van der Waals surface area contributed by atoms with E-state index in [0.29, 0.717) is 0 Å². The van der Waals surface area contributed by atoms with E-state index in [1.807, 2.05) is 23.5 Å². The average molecular weight is 248 g/mol. The van der Waals surface area contributed by atoms with Gasteiger partial charge in [0, 0.05) is 17.5 Å². The van der Waals surface area contributed by atoms with Gasteiger partial charge in [0.25, 0.3) is 0 Å². The van der Waals surface area contributed by atoms with E-state index in [1.54, 1.807) is 6.21 Å². The molecule has 1 unspecified atom stereocenters. The van der Waals surface area contributed by atoms with E-state index >= 15 is 0 Å². The highest BCUT2D eigenvalue weighted by Crippen LogP contribution is 2.52. The molecule has 0 aromatic carbocycles. The van der Waals surface area contributed by atoms with Crippen LogP contribution in [0, 0.1) is 0 Å². The first-order valence-electron chi connectivity index (χ1n) is 4.64. The van der Waals surface area contributed by atoms with Crippen LogP contribution in [0.2, 0.25) is 0 Å². The van der Waals surface area contributed by atoms with Crippen LogP contribution in [0.1, 0.15) is 20.8 Å². The van der Waals surface area contributed by atoms with Crippen molar-refractivity contribution >= 4 is 35.8 Å². The van der Waals surface area contributed by atoms with Gasteiger partial charge < -0.3 is 5.32 Å². The monoisotopic (exact) mass is 248 g/mol. The lowest BCUT2D eigenvalue weighted by molar-refractivity contribution is 0.153. The van der Waals surface area contributed by atoms with Crippen molar-refractivity contribution in [2.24, 2.45) is 5.16 Å². The smallest absolute Gasteiger partial charge is 0.323 e. The molecule has 0 spiro atoms. The van der Waals surface area contributed by atoms with Gasteiger partial charge in [0.05, 0.1) is 10.3 Å². The zero-order chi connectivity index (χ0) is 11.5. The van der Waals surface area contributed by atoms with Crippen LogP contribution in [0.5, 0.6) is 0 Å². The first-order valence-corrected chi connectivity index (χ1v) is 6.44. The van der Waals surface area contributed by atoms with E-state index in [9.17, 15) is 4.79 Å². The zero-order valence-electron chi connectivity index (χ0n) is 9.36. The number of carbonyl (C=O) groups is 1. The van der Waals surface area contributed by atoms with Crippen LogP contribution in [-0.2, 0) is 4.84 Å². The minimum atomic E-state index is -0.540. The molecule has 1 aliphatic rings. The summed E-state index contributed by atoms with van der Waals surface area (Å²) in [5.41, 5.74) is 0. The lowest BCUT2D eigenvalue weighted by atomic mass is 10.2. The molecule has 1 saturated heterocycles. The SMILES string of the molecule is CNC(=O)ON=CC1(C)SCC(C)(C)S1. The van der Waals surface area contributed by atoms with Crippen LogP contribution in [0.25, 0.3) is 0 Å². The average Bonchev–Trinajstić information content (AvgIpc) is 2.41. The van der Waals surface area contributed by atoms with Gasteiger partial charge in [-0.2, -0.15) is 0 Å². The molecule has 1 rings (SSSR count). The molecule has 1 aliphatic heterocycles. The predicted molar refractivity (Wildman–Crippen MR) is 66.6 cm³/mol. The quantitative estimate of drug-likeness (QED) is 0.463. The summed E-state index contributed by atoms with van der Waals surface area (Å²) >= 11 is 3.64. The predicted octanol–water partition coefficient (Wildman–Crippen LogP) is 2.30. The number of oxime groups is 1. The lowest BCUT2D eigenvalue weighted by Crippen LogP contribution is -2.20. The van der Waals surface area contributed by atoms with Crippen molar-refractivity contribution in [1.29, 1.82) is 0 Å². The first kappa shape index (κ1) is 12.7. The third kappa shape index (κ3) is 3.95. The largest absolute Gasteiger partial charge is 0.433 e. The Labute approximate surface area is 98.6 Å². The Hall–Kier alpha value is -0.360. The minimum absolute atomic E-state index is 0.0997. The molecule has 0 bridgehead atoms. The molecule has 1 heterocycles. The molecule has 0 aliphatic carbocycles. The zero-order valence-corrected chi connectivity index (χ0v) is 11.0. The molecule has 0 aromatic rings. The van der Waals surface area contributed by atoms with Crippen LogP contribution in [0.4, 0.5) is 4.79 Å². The van der Waals surface area contributed by atoms with Gasteiger partial charge in [-0.3, -0.25) is 4.84 Å². The summed E-state index contributed by atoms with van der Waals surface area (Å²) in [5.74, 6) is 1.07. The van der Waals surface area contributed by atoms with E-state index < -0.39 is 6.09 Å². The van der Waals surface area contributed by atoms with E-state index in [-0.39, 0.29) is 8.83 Å². The maximum atomic E-state index is 10.8. The van der Waals surface area contributed by atoms with Gasteiger partial charge in [-0.15, -0.1) is 23.5 Å². The van der Waals surface area contributed by atoms with Crippen LogP contribution < -0.4 is 5.32 Å². The van der Waals surface area contributed by atoms with Gasteiger partial charge in [-0.1, -0.05) is 5.16 Å². The fraction of sp³-hybridized carbons (Fsp3) is 0.778. The molecule has 1 N–H and O–H groups in total. The summed E-state index contributed by atoms with van der Waals surface area (Å²) in [6, 6.07) is 0. The summed E-state index contributed by atoms with van der Waals surface area (Å²) in [6.07, 6.45) is 1.15. The molecular weight excluding hydrogens is 232 g/mol. The number of thioether (sulfide) groups is 2. The second-order valence-corrected chi connectivity index (χ2v) is 7.87. The summed E-state index contributed by atoms with van der Waals surface area (Å²) in [7, 11) is 1.50. The normalized spacial score (nSPS) is 29.3. The molecule has 0 aromatic heterocycles. The second-order valence-electron chi connectivity index (χ2n) is 4.03. The highest BCUT2D eigenvalue weighted by atomic mass is 32.2. The van der Waals surface area contributed by atoms with E-state index in [2.05, 4.69) is 36.1 Å². The van der Waals surface area contributed by atoms with Crippen LogP contribution in [-0.4, -0.2) is 33.9 Å². The van der Waals surface area contributed by atoms with Gasteiger partial charge in [-0.05, 0) is 20.8 Å². The fourth-order valence-corrected chi connectivity index (χ4v) is 4.65. The van der Waals surface area contributed by atoms with Crippen molar-refractivity contribution in [3.8, 4) is 0 Å². The Morgan fingerprint density at radius 3 is 2.67 bits per heavy atom. The van der Waals surface area contributed by atoms with E-state index in [4.69, 9.17) is 0 Å². The van der Waals surface area contributed by atoms with Gasteiger partial charge in [-0.25, -0.2) is 4.79 Å². The highest BCUT2D eigenvalue weighted by molar-refractivity contribution is 8.23. The molecule has 1 atom stereocenters. The minimum Gasteiger partial charge on any atom is -0.323 e. The van der Waals surface area contributed by atoms with Crippen molar-refractivity contribution in [2.45, 2.75) is 29.6 Å². The molecule has 6 heteroatoms. The third-order valence-corrected chi connectivity index (χ3v) is 5.35. The second kappa shape index (κ2) is 4.65. The first-order chi connectivity index (χ1) is 6.87. The van der Waals surface area contributed by atoms with Crippen molar-refractivity contribution in [3.05, 3.63) is 0 Å². The summed E-state index contributed by atoms with van der Waals surface area (Å²) in [6.45, 7) is 6.47. The molecule has 1 amide bonds. The summed E-state index contributed by atoms with van der Waals surface area (Å²) in [5, 5.41) is 6.01. The number of carbonyl (C=O) groups excluding carboxylic acids is 1. The Kier molecular flexibility index (Phi) is 3.94. The maximum Gasteiger partial charge on any atom is 0.433 e. The van der Waals surface area contributed by atoms with Gasteiger partial charge in [0.1, 0.15) is 0 Å². The van der Waals surface area contributed by atoms with Gasteiger partial charge in [0.2, 0.25) is 0 Å². The molecule has 0 radical (unpaired) electrons.